The van der Waals surface area contributed by atoms with E-state index in [-0.39, 0.29) is 17.4 Å². The zero-order valence-electron chi connectivity index (χ0n) is 12.0. The number of rotatable bonds is 1. The first-order chi connectivity index (χ1) is 11.0. The maximum atomic E-state index is 11.4. The SMILES string of the molecule is O=C(O)N1C2CCC1CN(c1nc(Cl)nc3cc(Br)ncc13)C2. The van der Waals surface area contributed by atoms with Gasteiger partial charge in [-0.05, 0) is 46.4 Å². The van der Waals surface area contributed by atoms with Crippen molar-refractivity contribution < 1.29 is 9.90 Å². The number of carbonyl (C=O) groups is 1. The lowest BCUT2D eigenvalue weighted by atomic mass is 10.2. The van der Waals surface area contributed by atoms with Crippen LogP contribution in [0.4, 0.5) is 10.6 Å². The molecule has 2 aliphatic heterocycles. The number of carboxylic acid groups (broad SMARTS) is 1. The maximum absolute atomic E-state index is 11.4. The van der Waals surface area contributed by atoms with E-state index in [0.717, 1.165) is 29.6 Å². The van der Waals surface area contributed by atoms with Crippen molar-refractivity contribution in [3.63, 3.8) is 0 Å². The summed E-state index contributed by atoms with van der Waals surface area (Å²) in [5, 5.41) is 10.4. The lowest BCUT2D eigenvalue weighted by molar-refractivity contribution is 0.114. The zero-order valence-corrected chi connectivity index (χ0v) is 14.3. The molecule has 2 fully saturated rings. The Morgan fingerprint density at radius 2 is 2.00 bits per heavy atom. The topological polar surface area (TPSA) is 82.5 Å². The van der Waals surface area contributed by atoms with Crippen LogP contribution < -0.4 is 4.90 Å². The fourth-order valence-electron chi connectivity index (χ4n) is 3.59. The van der Waals surface area contributed by atoms with Crippen LogP contribution in [-0.4, -0.2) is 56.2 Å². The zero-order chi connectivity index (χ0) is 16.1. The van der Waals surface area contributed by atoms with Crippen LogP contribution in [0.2, 0.25) is 5.28 Å². The summed E-state index contributed by atoms with van der Waals surface area (Å²) in [5.41, 5.74) is 0.717. The molecule has 4 rings (SSSR count). The Kier molecular flexibility index (Phi) is 3.53. The van der Waals surface area contributed by atoms with Crippen LogP contribution in [0, 0.1) is 0 Å². The van der Waals surface area contributed by atoms with Gasteiger partial charge >= 0.3 is 6.09 Å². The van der Waals surface area contributed by atoms with Crippen molar-refractivity contribution in [3.05, 3.63) is 22.1 Å². The highest BCUT2D eigenvalue weighted by Crippen LogP contribution is 2.35. The van der Waals surface area contributed by atoms with Gasteiger partial charge in [0.2, 0.25) is 5.28 Å². The summed E-state index contributed by atoms with van der Waals surface area (Å²) in [7, 11) is 0. The summed E-state index contributed by atoms with van der Waals surface area (Å²) in [6.45, 7) is 1.22. The summed E-state index contributed by atoms with van der Waals surface area (Å²) in [4.78, 5) is 28.0. The number of halogens is 2. The average molecular weight is 399 g/mol. The van der Waals surface area contributed by atoms with Crippen LogP contribution in [0.5, 0.6) is 0 Å². The van der Waals surface area contributed by atoms with E-state index in [1.165, 1.54) is 0 Å². The van der Waals surface area contributed by atoms with E-state index in [1.807, 2.05) is 0 Å². The fourth-order valence-corrected chi connectivity index (χ4v) is 4.08. The first-order valence-electron chi connectivity index (χ1n) is 7.28. The molecule has 0 saturated carbocycles. The minimum atomic E-state index is -0.840. The van der Waals surface area contributed by atoms with Crippen molar-refractivity contribution >= 4 is 50.3 Å². The lowest BCUT2D eigenvalue weighted by Gasteiger charge is -2.40. The Bertz CT molecular complexity index is 785. The lowest BCUT2D eigenvalue weighted by Crippen LogP contribution is -2.55. The van der Waals surface area contributed by atoms with Gasteiger partial charge in [-0.2, -0.15) is 4.98 Å². The van der Waals surface area contributed by atoms with Gasteiger partial charge in [0, 0.05) is 19.3 Å². The molecular weight excluding hydrogens is 386 g/mol. The van der Waals surface area contributed by atoms with E-state index >= 15 is 0 Å². The number of fused-ring (bicyclic) bond motifs is 3. The van der Waals surface area contributed by atoms with Gasteiger partial charge in [0.1, 0.15) is 10.4 Å². The molecule has 120 valence electrons. The van der Waals surface area contributed by atoms with Crippen LogP contribution in [0.1, 0.15) is 12.8 Å². The van der Waals surface area contributed by atoms with Crippen LogP contribution >= 0.6 is 27.5 Å². The Labute approximate surface area is 145 Å². The Morgan fingerprint density at radius 1 is 1.30 bits per heavy atom. The summed E-state index contributed by atoms with van der Waals surface area (Å²) < 4.78 is 0.682. The molecule has 1 amide bonds. The van der Waals surface area contributed by atoms with Gasteiger partial charge in [0.05, 0.1) is 23.0 Å². The predicted octanol–water partition coefficient (Wildman–Crippen LogP) is 2.77. The highest BCUT2D eigenvalue weighted by Gasteiger charge is 2.43. The van der Waals surface area contributed by atoms with Crippen molar-refractivity contribution in [2.75, 3.05) is 18.0 Å². The molecule has 2 saturated heterocycles. The number of aromatic nitrogens is 3. The van der Waals surface area contributed by atoms with E-state index in [4.69, 9.17) is 11.6 Å². The van der Waals surface area contributed by atoms with Crippen molar-refractivity contribution in [2.45, 2.75) is 24.9 Å². The third-order valence-corrected chi connectivity index (χ3v) is 5.11. The molecule has 2 aromatic rings. The number of nitrogens with zero attached hydrogens (tertiary/aromatic N) is 5. The fraction of sp³-hybridized carbons (Fsp3) is 0.429. The second kappa shape index (κ2) is 5.45. The first-order valence-corrected chi connectivity index (χ1v) is 8.45. The molecule has 23 heavy (non-hydrogen) atoms. The van der Waals surface area contributed by atoms with E-state index in [0.29, 0.717) is 17.7 Å². The van der Waals surface area contributed by atoms with Gasteiger partial charge in [-0.1, -0.05) is 0 Å². The predicted molar refractivity (Wildman–Crippen MR) is 88.9 cm³/mol. The van der Waals surface area contributed by atoms with Gasteiger partial charge in [0.25, 0.3) is 0 Å². The Balaban J connectivity index is 1.75. The van der Waals surface area contributed by atoms with E-state index in [9.17, 15) is 9.90 Å². The summed E-state index contributed by atoms with van der Waals surface area (Å²) in [6, 6.07) is 1.80. The molecule has 0 spiro atoms. The van der Waals surface area contributed by atoms with Crippen LogP contribution in [0.15, 0.2) is 16.9 Å². The van der Waals surface area contributed by atoms with Crippen molar-refractivity contribution in [1.29, 1.82) is 0 Å². The van der Waals surface area contributed by atoms with Crippen LogP contribution in [0.3, 0.4) is 0 Å². The number of piperazine rings is 1. The van der Waals surface area contributed by atoms with E-state index in [1.54, 1.807) is 17.2 Å². The molecule has 2 aliphatic rings. The molecular formula is C14H13BrClN5O2. The summed E-state index contributed by atoms with van der Waals surface area (Å²) in [6.07, 6.45) is 2.65. The van der Waals surface area contributed by atoms with Crippen LogP contribution in [-0.2, 0) is 0 Å². The van der Waals surface area contributed by atoms with Gasteiger partial charge in [-0.3, -0.25) is 4.90 Å². The standard InChI is InChI=1S/C14H13BrClN5O2/c15-11-3-10-9(4-17-11)12(19-13(16)18-10)20-5-7-1-2-8(6-20)21(7)14(22)23/h3-4,7-8H,1-2,5-6H2,(H,22,23). The number of pyridine rings is 1. The van der Waals surface area contributed by atoms with Crippen LogP contribution in [0.25, 0.3) is 10.9 Å². The Hall–Kier alpha value is -1.67. The van der Waals surface area contributed by atoms with Gasteiger partial charge in [0.15, 0.2) is 0 Å². The monoisotopic (exact) mass is 397 g/mol. The summed E-state index contributed by atoms with van der Waals surface area (Å²) >= 11 is 9.40. The van der Waals surface area contributed by atoms with Gasteiger partial charge in [-0.25, -0.2) is 14.8 Å². The number of amides is 1. The first kappa shape index (κ1) is 14.9. The summed E-state index contributed by atoms with van der Waals surface area (Å²) in [5.74, 6) is 0.724. The number of anilines is 1. The van der Waals surface area contributed by atoms with E-state index in [2.05, 4.69) is 35.8 Å². The molecule has 7 nitrogen and oxygen atoms in total. The van der Waals surface area contributed by atoms with Crippen molar-refractivity contribution in [2.24, 2.45) is 0 Å². The third kappa shape index (κ3) is 2.49. The number of hydrogen-bond donors (Lipinski definition) is 1. The van der Waals surface area contributed by atoms with Gasteiger partial charge < -0.3 is 10.0 Å². The largest absolute Gasteiger partial charge is 0.465 e. The maximum Gasteiger partial charge on any atom is 0.407 e. The van der Waals surface area contributed by atoms with Gasteiger partial charge in [-0.15, -0.1) is 0 Å². The molecule has 2 aromatic heterocycles. The highest BCUT2D eigenvalue weighted by atomic mass is 79.9. The average Bonchev–Trinajstić information content (AvgIpc) is 2.77. The smallest absolute Gasteiger partial charge is 0.407 e. The molecule has 2 atom stereocenters. The molecule has 0 aromatic carbocycles. The van der Waals surface area contributed by atoms with Crippen molar-refractivity contribution in [1.82, 2.24) is 19.9 Å². The Morgan fingerprint density at radius 3 is 2.65 bits per heavy atom. The molecule has 0 radical (unpaired) electrons. The second-order valence-electron chi connectivity index (χ2n) is 5.82. The molecule has 4 heterocycles. The molecule has 1 N–H and O–H groups in total. The van der Waals surface area contributed by atoms with E-state index < -0.39 is 6.09 Å². The number of hydrogen-bond acceptors (Lipinski definition) is 5. The van der Waals surface area contributed by atoms with Crippen molar-refractivity contribution in [3.8, 4) is 0 Å². The minimum Gasteiger partial charge on any atom is -0.465 e. The quantitative estimate of drug-likeness (QED) is 0.587. The molecule has 2 unspecified atom stereocenters. The molecule has 9 heteroatoms. The normalized spacial score (nSPS) is 23.6. The highest BCUT2D eigenvalue weighted by molar-refractivity contribution is 9.10. The molecule has 2 bridgehead atoms. The second-order valence-corrected chi connectivity index (χ2v) is 6.97. The minimum absolute atomic E-state index is 0.00144. The molecule has 0 aliphatic carbocycles. The third-order valence-electron chi connectivity index (χ3n) is 4.50.